The highest BCUT2D eigenvalue weighted by Crippen LogP contribution is 2.42. The Morgan fingerprint density at radius 3 is 2.45 bits per heavy atom. The summed E-state index contributed by atoms with van der Waals surface area (Å²) in [5.74, 6) is -0.264. The molecule has 1 aliphatic carbocycles. The number of halogens is 4. The summed E-state index contributed by atoms with van der Waals surface area (Å²) >= 11 is 11.3. The topological polar surface area (TPSA) is 58.2 Å². The minimum atomic E-state index is -3.82. The highest BCUT2D eigenvalue weighted by Gasteiger charge is 2.54. The van der Waals surface area contributed by atoms with Crippen molar-refractivity contribution in [1.82, 2.24) is 10.0 Å². The Balaban J connectivity index is 0.00000147. The summed E-state index contributed by atoms with van der Waals surface area (Å²) in [6, 6.07) is 2.32. The Morgan fingerprint density at radius 2 is 1.85 bits per heavy atom. The van der Waals surface area contributed by atoms with E-state index in [0.717, 1.165) is 13.1 Å². The smallest absolute Gasteiger partial charge is 0.242 e. The van der Waals surface area contributed by atoms with E-state index < -0.39 is 20.9 Å². The number of nitrogens with one attached hydrogen (secondary N) is 2. The quantitative estimate of drug-likeness (QED) is 0.810. The molecule has 2 fully saturated rings. The third-order valence-electron chi connectivity index (χ3n) is 3.67. The summed E-state index contributed by atoms with van der Waals surface area (Å²) in [5, 5.41) is 2.50. The van der Waals surface area contributed by atoms with Crippen molar-refractivity contribution in [2.45, 2.75) is 10.9 Å². The Labute approximate surface area is 132 Å². The van der Waals surface area contributed by atoms with Crippen LogP contribution in [-0.2, 0) is 10.0 Å². The van der Waals surface area contributed by atoms with Gasteiger partial charge in [-0.05, 0) is 37.1 Å². The second-order valence-corrected chi connectivity index (χ2v) is 7.27. The number of rotatable bonds is 3. The highest BCUT2D eigenvalue weighted by molar-refractivity contribution is 7.89. The molecule has 0 bridgehead atoms. The van der Waals surface area contributed by atoms with Crippen molar-refractivity contribution in [2.24, 2.45) is 11.8 Å². The maximum atomic E-state index is 13.5. The lowest BCUT2D eigenvalue weighted by Crippen LogP contribution is -2.32. The van der Waals surface area contributed by atoms with Crippen molar-refractivity contribution in [1.29, 1.82) is 0 Å². The van der Waals surface area contributed by atoms with E-state index in [4.69, 9.17) is 23.2 Å². The molecule has 0 aromatic heterocycles. The molecule has 2 unspecified atom stereocenters. The van der Waals surface area contributed by atoms with E-state index in [9.17, 15) is 12.8 Å². The van der Waals surface area contributed by atoms with Crippen LogP contribution in [0.5, 0.6) is 0 Å². The fourth-order valence-electron chi connectivity index (χ4n) is 2.55. The first-order chi connectivity index (χ1) is 8.92. The zero-order valence-corrected chi connectivity index (χ0v) is 13.2. The number of sulfonamides is 1. The van der Waals surface area contributed by atoms with E-state index >= 15 is 0 Å². The largest absolute Gasteiger partial charge is 0.316 e. The lowest BCUT2D eigenvalue weighted by Gasteiger charge is -2.11. The first-order valence-electron chi connectivity index (χ1n) is 5.78. The van der Waals surface area contributed by atoms with Gasteiger partial charge in [-0.25, -0.2) is 17.5 Å². The van der Waals surface area contributed by atoms with Crippen LogP contribution < -0.4 is 10.0 Å². The van der Waals surface area contributed by atoms with Gasteiger partial charge in [-0.1, -0.05) is 23.2 Å². The maximum absolute atomic E-state index is 13.5. The van der Waals surface area contributed by atoms with Crippen molar-refractivity contribution in [3.05, 3.63) is 28.0 Å². The molecule has 0 amide bonds. The van der Waals surface area contributed by atoms with Gasteiger partial charge in [0.05, 0.1) is 10.0 Å². The average molecular weight is 362 g/mol. The SMILES string of the molecule is Cl.O=S(=O)(NC1C2CNCC21)c1ccc(Cl)c(F)c1Cl. The van der Waals surface area contributed by atoms with Gasteiger partial charge in [-0.15, -0.1) is 12.4 Å². The fourth-order valence-corrected chi connectivity index (χ4v) is 4.63. The van der Waals surface area contributed by atoms with Gasteiger partial charge < -0.3 is 5.32 Å². The van der Waals surface area contributed by atoms with Gasteiger partial charge in [0.15, 0.2) is 5.82 Å². The predicted octanol–water partition coefficient (Wildman–Crippen LogP) is 2.05. The Kier molecular flexibility index (Phi) is 4.54. The molecular formula is C11H12Cl3FN2O2S. The van der Waals surface area contributed by atoms with Crippen LogP contribution in [0, 0.1) is 17.7 Å². The molecule has 20 heavy (non-hydrogen) atoms. The molecule has 9 heteroatoms. The maximum Gasteiger partial charge on any atom is 0.242 e. The summed E-state index contributed by atoms with van der Waals surface area (Å²) in [6.07, 6.45) is 0. The zero-order valence-electron chi connectivity index (χ0n) is 10.1. The van der Waals surface area contributed by atoms with Crippen LogP contribution in [0.25, 0.3) is 0 Å². The molecule has 4 nitrogen and oxygen atoms in total. The average Bonchev–Trinajstić information content (AvgIpc) is 2.78. The van der Waals surface area contributed by atoms with Crippen LogP contribution >= 0.6 is 35.6 Å². The zero-order chi connectivity index (χ0) is 13.8. The van der Waals surface area contributed by atoms with E-state index in [1.807, 2.05) is 0 Å². The van der Waals surface area contributed by atoms with Crippen molar-refractivity contribution < 1.29 is 12.8 Å². The predicted molar refractivity (Wildman–Crippen MR) is 77.6 cm³/mol. The number of hydrogen-bond acceptors (Lipinski definition) is 3. The van der Waals surface area contributed by atoms with E-state index in [2.05, 4.69) is 10.0 Å². The van der Waals surface area contributed by atoms with Crippen LogP contribution in [0.2, 0.25) is 10.0 Å². The highest BCUT2D eigenvalue weighted by atomic mass is 35.5. The van der Waals surface area contributed by atoms with Gasteiger partial charge >= 0.3 is 0 Å². The molecule has 2 N–H and O–H groups in total. The summed E-state index contributed by atoms with van der Waals surface area (Å²) in [6.45, 7) is 1.61. The molecular weight excluding hydrogens is 350 g/mol. The number of hydrogen-bond donors (Lipinski definition) is 2. The standard InChI is InChI=1S/C11H11Cl2FN2O2S.ClH/c12-7-1-2-8(9(13)10(7)14)19(17,18)16-11-5-3-15-4-6(5)11;/h1-2,5-6,11,15-16H,3-4H2;1H. The van der Waals surface area contributed by atoms with Crippen molar-refractivity contribution >= 4 is 45.6 Å². The monoisotopic (exact) mass is 360 g/mol. The third-order valence-corrected chi connectivity index (χ3v) is 5.95. The molecule has 1 saturated heterocycles. The molecule has 112 valence electrons. The van der Waals surface area contributed by atoms with Gasteiger partial charge in [-0.3, -0.25) is 0 Å². The Hall–Kier alpha value is -0.110. The minimum Gasteiger partial charge on any atom is -0.316 e. The summed E-state index contributed by atoms with van der Waals surface area (Å²) < 4.78 is 40.5. The van der Waals surface area contributed by atoms with Crippen LogP contribution in [0.4, 0.5) is 4.39 Å². The third kappa shape index (κ3) is 2.65. The molecule has 1 aliphatic heterocycles. The lowest BCUT2D eigenvalue weighted by molar-refractivity contribution is 0.563. The normalized spacial score (nSPS) is 27.9. The van der Waals surface area contributed by atoms with Crippen molar-refractivity contribution in [2.75, 3.05) is 13.1 Å². The summed E-state index contributed by atoms with van der Waals surface area (Å²) in [5.41, 5.74) is 0. The molecule has 2 atom stereocenters. The first kappa shape index (κ1) is 16.3. The molecule has 3 rings (SSSR count). The van der Waals surface area contributed by atoms with Crippen LogP contribution in [0.1, 0.15) is 0 Å². The van der Waals surface area contributed by atoms with E-state index in [0.29, 0.717) is 11.8 Å². The minimum absolute atomic E-state index is 0. The number of fused-ring (bicyclic) bond motifs is 1. The molecule has 0 spiro atoms. The van der Waals surface area contributed by atoms with Gasteiger partial charge in [0.2, 0.25) is 10.0 Å². The second kappa shape index (κ2) is 5.59. The molecule has 1 aromatic rings. The van der Waals surface area contributed by atoms with Crippen molar-refractivity contribution in [3.8, 4) is 0 Å². The van der Waals surface area contributed by atoms with Gasteiger partial charge in [0.1, 0.15) is 4.90 Å². The fraction of sp³-hybridized carbons (Fsp3) is 0.455. The Morgan fingerprint density at radius 1 is 1.25 bits per heavy atom. The second-order valence-electron chi connectivity index (χ2n) is 4.81. The van der Waals surface area contributed by atoms with Crippen LogP contribution in [-0.4, -0.2) is 27.5 Å². The van der Waals surface area contributed by atoms with E-state index in [-0.39, 0.29) is 28.4 Å². The Bertz CT molecular complexity index is 631. The molecule has 1 aromatic carbocycles. The molecule has 0 radical (unpaired) electrons. The first-order valence-corrected chi connectivity index (χ1v) is 8.02. The molecule has 1 heterocycles. The van der Waals surface area contributed by atoms with Crippen LogP contribution in [0.15, 0.2) is 17.0 Å². The molecule has 1 saturated carbocycles. The van der Waals surface area contributed by atoms with Gasteiger partial charge in [0.25, 0.3) is 0 Å². The molecule has 2 aliphatic rings. The number of piperidine rings is 1. The number of benzene rings is 1. The van der Waals surface area contributed by atoms with Crippen LogP contribution in [0.3, 0.4) is 0 Å². The van der Waals surface area contributed by atoms with Gasteiger partial charge in [0, 0.05) is 6.04 Å². The van der Waals surface area contributed by atoms with Crippen molar-refractivity contribution in [3.63, 3.8) is 0 Å². The van der Waals surface area contributed by atoms with Gasteiger partial charge in [-0.2, -0.15) is 0 Å². The van der Waals surface area contributed by atoms with E-state index in [1.165, 1.54) is 12.1 Å². The summed E-state index contributed by atoms with van der Waals surface area (Å²) in [4.78, 5) is -0.269. The summed E-state index contributed by atoms with van der Waals surface area (Å²) in [7, 11) is -3.82. The van der Waals surface area contributed by atoms with E-state index in [1.54, 1.807) is 0 Å². The lowest BCUT2D eigenvalue weighted by atomic mass is 10.3.